The van der Waals surface area contributed by atoms with E-state index in [-0.39, 0.29) is 11.5 Å². The molecule has 0 radical (unpaired) electrons. The third-order valence-corrected chi connectivity index (χ3v) is 12.6. The number of aromatic hydroxyl groups is 2. The Bertz CT molecular complexity index is 3180. The Balaban J connectivity index is 1.17. The number of hydrogen-bond donors (Lipinski definition) is 2. The van der Waals surface area contributed by atoms with Crippen molar-refractivity contribution in [2.75, 3.05) is 0 Å². The molecule has 12 rings (SSSR count). The molecule has 0 aliphatic heterocycles. The standard InChI is InChI=1S/C52H38N4O2/c1-29-17-19-53-47(21-29)55-45-15-11-33(31-5-3-7-37(57)23-31)25-41(45)43-27-35-10-14-40-50-36(9-13-39(49(35)50)51(43)55)28-44-42-26-34(32-6-4-8-38(58)24-32)12-16-46(42)56(52(40)44)48-22-30(2)18-20-54-48/h3-8,11-12,15-28,57-58H,9-10,13-14H2,1-2H3. The molecule has 0 amide bonds. The second-order valence-electron chi connectivity index (χ2n) is 16.2. The number of nitrogens with zero attached hydrogens (tertiary/aromatic N) is 4. The van der Waals surface area contributed by atoms with Gasteiger partial charge in [-0.15, -0.1) is 0 Å². The fourth-order valence-electron chi connectivity index (χ4n) is 10.1. The summed E-state index contributed by atoms with van der Waals surface area (Å²) in [7, 11) is 0. The van der Waals surface area contributed by atoms with E-state index in [1.165, 1.54) is 77.1 Å². The highest BCUT2D eigenvalue weighted by Crippen LogP contribution is 2.51. The lowest BCUT2D eigenvalue weighted by Crippen LogP contribution is -2.16. The van der Waals surface area contributed by atoms with Crippen molar-refractivity contribution in [1.82, 2.24) is 19.1 Å². The molecule has 0 spiro atoms. The number of aryl methyl sites for hydroxylation is 6. The van der Waals surface area contributed by atoms with Gasteiger partial charge in [0.2, 0.25) is 0 Å². The number of phenols is 2. The monoisotopic (exact) mass is 750 g/mol. The van der Waals surface area contributed by atoms with Gasteiger partial charge in [-0.3, -0.25) is 9.13 Å². The molecule has 10 aromatic rings. The summed E-state index contributed by atoms with van der Waals surface area (Å²) in [4.78, 5) is 9.96. The molecule has 6 heteroatoms. The molecule has 0 saturated carbocycles. The highest BCUT2D eigenvalue weighted by atomic mass is 16.3. The van der Waals surface area contributed by atoms with E-state index in [1.807, 2.05) is 36.7 Å². The van der Waals surface area contributed by atoms with Gasteiger partial charge >= 0.3 is 0 Å². The molecule has 0 bridgehead atoms. The SMILES string of the molecule is Cc1ccnc(-n2c3ccc(-c4cccc(O)c4)cc3c3cc4c5c(c32)CCc2cc3c6cc(-c7cccc(O)c7)ccc6n(-c6cc(C)ccn6)c3c(c2-5)CC4)c1. The van der Waals surface area contributed by atoms with E-state index in [0.717, 1.165) is 70.6 Å². The van der Waals surface area contributed by atoms with Gasteiger partial charge in [0.25, 0.3) is 0 Å². The number of aromatic nitrogens is 4. The van der Waals surface area contributed by atoms with Crippen LogP contribution in [0.3, 0.4) is 0 Å². The van der Waals surface area contributed by atoms with Crippen LogP contribution in [0.1, 0.15) is 33.4 Å². The molecule has 2 aliphatic rings. The minimum atomic E-state index is 0.264. The molecule has 278 valence electrons. The first kappa shape index (κ1) is 33.0. The van der Waals surface area contributed by atoms with Crippen LogP contribution in [-0.2, 0) is 25.7 Å². The average Bonchev–Trinajstić information content (AvgIpc) is 3.74. The van der Waals surface area contributed by atoms with Crippen LogP contribution in [0, 0.1) is 13.8 Å². The van der Waals surface area contributed by atoms with Crippen LogP contribution >= 0.6 is 0 Å². The highest BCUT2D eigenvalue weighted by molar-refractivity contribution is 6.16. The zero-order valence-corrected chi connectivity index (χ0v) is 32.2. The highest BCUT2D eigenvalue weighted by Gasteiger charge is 2.33. The summed E-state index contributed by atoms with van der Waals surface area (Å²) in [5, 5.41) is 25.6. The number of phenolic OH excluding ortho intramolecular Hbond substituents is 2. The van der Waals surface area contributed by atoms with E-state index >= 15 is 0 Å². The molecule has 0 fully saturated rings. The van der Waals surface area contributed by atoms with Gasteiger partial charge in [0.05, 0.1) is 22.1 Å². The second kappa shape index (κ2) is 12.2. The van der Waals surface area contributed by atoms with Crippen LogP contribution in [-0.4, -0.2) is 29.3 Å². The molecule has 6 aromatic carbocycles. The fraction of sp³-hybridized carbons (Fsp3) is 0.115. The molecule has 2 N–H and O–H groups in total. The van der Waals surface area contributed by atoms with Gasteiger partial charge in [0.15, 0.2) is 0 Å². The molecule has 6 nitrogen and oxygen atoms in total. The largest absolute Gasteiger partial charge is 0.508 e. The molecular formula is C52H38N4O2. The molecule has 4 heterocycles. The first-order valence-electron chi connectivity index (χ1n) is 20.1. The predicted octanol–water partition coefficient (Wildman–Crippen LogP) is 11.9. The Labute approximate surface area is 334 Å². The van der Waals surface area contributed by atoms with Crippen molar-refractivity contribution in [2.24, 2.45) is 0 Å². The van der Waals surface area contributed by atoms with Crippen molar-refractivity contribution in [2.45, 2.75) is 39.5 Å². The third-order valence-electron chi connectivity index (χ3n) is 12.6. The molecule has 4 aromatic heterocycles. The van der Waals surface area contributed by atoms with Crippen molar-refractivity contribution >= 4 is 43.6 Å². The first-order chi connectivity index (χ1) is 28.4. The second-order valence-corrected chi connectivity index (χ2v) is 16.2. The Kier molecular flexibility index (Phi) is 6.92. The molecule has 0 atom stereocenters. The first-order valence-corrected chi connectivity index (χ1v) is 20.1. The van der Waals surface area contributed by atoms with Crippen molar-refractivity contribution < 1.29 is 10.2 Å². The maximum atomic E-state index is 10.4. The van der Waals surface area contributed by atoms with Crippen molar-refractivity contribution in [3.05, 3.63) is 167 Å². The smallest absolute Gasteiger partial charge is 0.137 e. The maximum Gasteiger partial charge on any atom is 0.137 e. The Morgan fingerprint density at radius 3 is 1.33 bits per heavy atom. The van der Waals surface area contributed by atoms with Crippen LogP contribution < -0.4 is 0 Å². The van der Waals surface area contributed by atoms with Crippen LogP contribution in [0.5, 0.6) is 11.5 Å². The van der Waals surface area contributed by atoms with Crippen molar-refractivity contribution in [1.29, 1.82) is 0 Å². The van der Waals surface area contributed by atoms with Gasteiger partial charge in [-0.25, -0.2) is 9.97 Å². The number of pyridine rings is 2. The van der Waals surface area contributed by atoms with E-state index in [4.69, 9.17) is 9.97 Å². The topological polar surface area (TPSA) is 76.1 Å². The van der Waals surface area contributed by atoms with Gasteiger partial charge < -0.3 is 10.2 Å². The zero-order chi connectivity index (χ0) is 38.8. The van der Waals surface area contributed by atoms with Gasteiger partial charge in [0, 0.05) is 33.9 Å². The average molecular weight is 751 g/mol. The molecule has 0 unspecified atom stereocenters. The number of hydrogen-bond acceptors (Lipinski definition) is 4. The van der Waals surface area contributed by atoms with Crippen LogP contribution in [0.4, 0.5) is 0 Å². The van der Waals surface area contributed by atoms with E-state index < -0.39 is 0 Å². The quantitative estimate of drug-likeness (QED) is 0.188. The molecule has 58 heavy (non-hydrogen) atoms. The lowest BCUT2D eigenvalue weighted by Gasteiger charge is -2.31. The number of fused-ring (bicyclic) bond motifs is 8. The normalized spacial score (nSPS) is 13.2. The van der Waals surface area contributed by atoms with E-state index in [1.54, 1.807) is 12.1 Å². The van der Waals surface area contributed by atoms with Gasteiger partial charge in [-0.05, 0) is 191 Å². The summed E-state index contributed by atoms with van der Waals surface area (Å²) in [6.07, 6.45) is 7.55. The summed E-state index contributed by atoms with van der Waals surface area (Å²) in [5.74, 6) is 2.37. The zero-order valence-electron chi connectivity index (χ0n) is 32.2. The van der Waals surface area contributed by atoms with E-state index in [9.17, 15) is 10.2 Å². The molecular weight excluding hydrogens is 713 g/mol. The minimum Gasteiger partial charge on any atom is -0.508 e. The molecule has 2 aliphatic carbocycles. The maximum absolute atomic E-state index is 10.4. The predicted molar refractivity (Wildman–Crippen MR) is 235 cm³/mol. The third kappa shape index (κ3) is 4.78. The van der Waals surface area contributed by atoms with E-state index in [0.29, 0.717) is 0 Å². The number of benzene rings is 6. The Morgan fingerprint density at radius 1 is 0.448 bits per heavy atom. The Morgan fingerprint density at radius 2 is 0.897 bits per heavy atom. The van der Waals surface area contributed by atoms with Crippen molar-refractivity contribution in [3.8, 4) is 56.5 Å². The summed E-state index contributed by atoms with van der Waals surface area (Å²) < 4.78 is 4.79. The van der Waals surface area contributed by atoms with Crippen LogP contribution in [0.2, 0.25) is 0 Å². The minimum absolute atomic E-state index is 0.264. The Hall–Kier alpha value is -7.18. The van der Waals surface area contributed by atoms with Crippen LogP contribution in [0.25, 0.3) is 88.6 Å². The summed E-state index contributed by atoms with van der Waals surface area (Å²) in [6.45, 7) is 4.27. The van der Waals surface area contributed by atoms with Gasteiger partial charge in [-0.2, -0.15) is 0 Å². The summed E-state index contributed by atoms with van der Waals surface area (Å²) in [6, 6.07) is 41.9. The molecule has 0 saturated heterocycles. The van der Waals surface area contributed by atoms with Crippen LogP contribution in [0.15, 0.2) is 134 Å². The summed E-state index contributed by atoms with van der Waals surface area (Å²) >= 11 is 0. The van der Waals surface area contributed by atoms with E-state index in [2.05, 4.69) is 108 Å². The van der Waals surface area contributed by atoms with Gasteiger partial charge in [-0.1, -0.05) is 36.4 Å². The van der Waals surface area contributed by atoms with Crippen molar-refractivity contribution in [3.63, 3.8) is 0 Å². The number of rotatable bonds is 4. The lowest BCUT2D eigenvalue weighted by molar-refractivity contribution is 0.475. The fourth-order valence-corrected chi connectivity index (χ4v) is 10.1. The lowest BCUT2D eigenvalue weighted by atomic mass is 9.74. The van der Waals surface area contributed by atoms with Gasteiger partial charge in [0.1, 0.15) is 23.1 Å². The summed E-state index contributed by atoms with van der Waals surface area (Å²) in [5.41, 5.74) is 19.5.